The second-order valence-electron chi connectivity index (χ2n) is 6.48. The van der Waals surface area contributed by atoms with Gasteiger partial charge in [0.15, 0.2) is 0 Å². The van der Waals surface area contributed by atoms with Gasteiger partial charge in [-0.1, -0.05) is 12.1 Å². The molecule has 0 fully saturated rings. The lowest BCUT2D eigenvalue weighted by Gasteiger charge is -2.14. The maximum atomic E-state index is 12.8. The smallest absolute Gasteiger partial charge is 0.391 e. The van der Waals surface area contributed by atoms with Crippen molar-refractivity contribution in [1.29, 1.82) is 0 Å². The summed E-state index contributed by atoms with van der Waals surface area (Å²) in [7, 11) is 0.654. The highest BCUT2D eigenvalue weighted by Crippen LogP contribution is 2.30. The van der Waals surface area contributed by atoms with Crippen LogP contribution in [0.5, 0.6) is 17.2 Å². The third-order valence-electron chi connectivity index (χ3n) is 4.36. The Balaban J connectivity index is 1.72. The van der Waals surface area contributed by atoms with Gasteiger partial charge in [-0.05, 0) is 30.0 Å². The maximum Gasteiger partial charge on any atom is 0.391 e. The summed E-state index contributed by atoms with van der Waals surface area (Å²) >= 11 is 0. The van der Waals surface area contributed by atoms with Gasteiger partial charge >= 0.3 is 17.6 Å². The average molecular weight is 444 g/mol. The summed E-state index contributed by atoms with van der Waals surface area (Å²) in [5.41, 5.74) is -0.455. The first-order valence-electron chi connectivity index (χ1n) is 9.20. The van der Waals surface area contributed by atoms with Gasteiger partial charge in [0, 0.05) is 29.3 Å². The molecule has 0 aliphatic heterocycles. The molecule has 162 valence electrons. The minimum absolute atomic E-state index is 0.0222. The molecule has 0 saturated carbocycles. The predicted molar refractivity (Wildman–Crippen MR) is 113 cm³/mol. The highest BCUT2D eigenvalue weighted by atomic mass is 32.2. The summed E-state index contributed by atoms with van der Waals surface area (Å²) in [6.07, 6.45) is 1.71. The number of rotatable bonds is 7. The molecule has 9 heteroatoms. The highest BCUT2D eigenvalue weighted by molar-refractivity contribution is 7.96. The van der Waals surface area contributed by atoms with Gasteiger partial charge in [0.25, 0.3) is 0 Å². The topological polar surface area (TPSA) is 115 Å². The molecule has 0 amide bonds. The molecule has 2 aromatic carbocycles. The van der Waals surface area contributed by atoms with Crippen molar-refractivity contribution in [2.45, 2.75) is 11.8 Å². The Morgan fingerprint density at radius 2 is 1.90 bits per heavy atom. The lowest BCUT2D eigenvalue weighted by atomic mass is 10.2. The predicted octanol–water partition coefficient (Wildman–Crippen LogP) is 2.26. The van der Waals surface area contributed by atoms with Crippen molar-refractivity contribution in [3.8, 4) is 17.2 Å². The Kier molecular flexibility index (Phi) is 6.86. The Morgan fingerprint density at radius 1 is 1.16 bits per heavy atom. The van der Waals surface area contributed by atoms with Crippen molar-refractivity contribution in [3.63, 3.8) is 0 Å². The Bertz CT molecular complexity index is 1180. The molecule has 0 N–H and O–H groups in total. The molecule has 0 spiro atoms. The summed E-state index contributed by atoms with van der Waals surface area (Å²) in [6.45, 7) is 1.20. The number of esters is 2. The number of hydrogen-bond donors (Lipinski definition) is 0. The van der Waals surface area contributed by atoms with Crippen LogP contribution in [-0.4, -0.2) is 37.7 Å². The third-order valence-corrected chi connectivity index (χ3v) is 6.19. The number of carbonyl (C=O) groups is 2. The Labute approximate surface area is 180 Å². The number of para-hydroxylation sites is 1. The number of methoxy groups -OCH3 is 1. The van der Waals surface area contributed by atoms with E-state index in [1.165, 1.54) is 32.2 Å². The fraction of sp³-hybridized carbons (Fsp3) is 0.227. The average Bonchev–Trinajstić information content (AvgIpc) is 2.73. The number of benzene rings is 2. The number of ether oxygens (including phenoxy) is 3. The normalized spacial score (nSPS) is 11.7. The third kappa shape index (κ3) is 5.00. The first-order chi connectivity index (χ1) is 14.8. The van der Waals surface area contributed by atoms with Gasteiger partial charge in [-0.25, -0.2) is 9.59 Å². The van der Waals surface area contributed by atoms with E-state index in [0.29, 0.717) is 5.75 Å². The van der Waals surface area contributed by atoms with E-state index in [1.54, 1.807) is 30.5 Å². The van der Waals surface area contributed by atoms with Gasteiger partial charge in [-0.15, -0.1) is 0 Å². The molecule has 8 nitrogen and oxygen atoms in total. The summed E-state index contributed by atoms with van der Waals surface area (Å²) < 4.78 is 20.7. The van der Waals surface area contributed by atoms with E-state index < -0.39 is 34.2 Å². The Morgan fingerprint density at radius 3 is 2.61 bits per heavy atom. The maximum absolute atomic E-state index is 12.8. The molecule has 31 heavy (non-hydrogen) atoms. The summed E-state index contributed by atoms with van der Waals surface area (Å²) in [6, 6.07) is 10.9. The van der Waals surface area contributed by atoms with Crippen molar-refractivity contribution >= 4 is 33.8 Å². The zero-order chi connectivity index (χ0) is 22.5. The van der Waals surface area contributed by atoms with Crippen LogP contribution in [0.2, 0.25) is 0 Å². The zero-order valence-electron chi connectivity index (χ0n) is 17.1. The lowest BCUT2D eigenvalue weighted by molar-refractivity contribution is -0.270. The van der Waals surface area contributed by atoms with Crippen LogP contribution in [0.25, 0.3) is 11.0 Å². The van der Waals surface area contributed by atoms with E-state index in [9.17, 15) is 19.5 Å². The Hall–Kier alpha value is -3.46. The van der Waals surface area contributed by atoms with Gasteiger partial charge in [0.05, 0.1) is 7.11 Å². The molecular formula is C22H20O8S. The van der Waals surface area contributed by atoms with Crippen LogP contribution < -0.4 is 20.2 Å². The lowest BCUT2D eigenvalue weighted by Crippen LogP contribution is -2.22. The van der Waals surface area contributed by atoms with Crippen molar-refractivity contribution in [2.24, 2.45) is 0 Å². The van der Waals surface area contributed by atoms with Crippen molar-refractivity contribution < 1.29 is 33.3 Å². The first-order valence-corrected chi connectivity index (χ1v) is 11.0. The molecular weight excluding hydrogens is 424 g/mol. The molecule has 1 unspecified atom stereocenters. The van der Waals surface area contributed by atoms with Gasteiger partial charge < -0.3 is 23.7 Å². The minimum atomic E-state index is -0.820. The monoisotopic (exact) mass is 444 g/mol. The van der Waals surface area contributed by atoms with Crippen LogP contribution in [0, 0.1) is 0 Å². The molecule has 3 aromatic rings. The minimum Gasteiger partial charge on any atom is -0.868 e. The fourth-order valence-corrected chi connectivity index (χ4v) is 4.17. The first kappa shape index (κ1) is 22.2. The molecule has 3 rings (SSSR count). The largest absolute Gasteiger partial charge is 0.868 e. The van der Waals surface area contributed by atoms with Crippen LogP contribution in [0.1, 0.15) is 17.3 Å². The van der Waals surface area contributed by atoms with E-state index in [-0.39, 0.29) is 39.5 Å². The van der Waals surface area contributed by atoms with E-state index in [2.05, 4.69) is 0 Å². The van der Waals surface area contributed by atoms with E-state index in [4.69, 9.17) is 18.6 Å². The molecule has 0 aliphatic carbocycles. The summed E-state index contributed by atoms with van der Waals surface area (Å²) in [4.78, 5) is 36.0. The van der Waals surface area contributed by atoms with Gasteiger partial charge in [-0.2, -0.15) is 0 Å². The number of carbonyl (C=O) groups excluding carboxylic acids is 2. The molecule has 1 aromatic heterocycles. The molecule has 1 heterocycles. The summed E-state index contributed by atoms with van der Waals surface area (Å²) in [5.74, 6) is -0.815. The van der Waals surface area contributed by atoms with Crippen LogP contribution in [0.3, 0.4) is 0 Å². The molecule has 0 bridgehead atoms. The molecule has 1 atom stereocenters. The van der Waals surface area contributed by atoms with E-state index in [1.807, 2.05) is 0 Å². The van der Waals surface area contributed by atoms with Crippen LogP contribution in [-0.2, 0) is 20.4 Å². The number of hydrogen-bond acceptors (Lipinski definition) is 8. The highest BCUT2D eigenvalue weighted by Gasteiger charge is 2.25. The fourth-order valence-electron chi connectivity index (χ4n) is 2.88. The van der Waals surface area contributed by atoms with Gasteiger partial charge in [0.2, 0.25) is 4.90 Å². The quantitative estimate of drug-likeness (QED) is 0.236. The zero-order valence-corrected chi connectivity index (χ0v) is 17.9. The SMILES string of the molecule is COc1ccc2c([O-])c([S+](C)CCOC(=O)c3ccccc3OC(C)=O)c(=O)oc2c1. The molecule has 0 aliphatic rings. The molecule has 0 saturated heterocycles. The van der Waals surface area contributed by atoms with Crippen LogP contribution >= 0.6 is 0 Å². The van der Waals surface area contributed by atoms with Gasteiger partial charge in [0.1, 0.15) is 41.3 Å². The van der Waals surface area contributed by atoms with Crippen LogP contribution in [0.4, 0.5) is 0 Å². The molecule has 0 radical (unpaired) electrons. The van der Waals surface area contributed by atoms with E-state index in [0.717, 1.165) is 0 Å². The number of fused-ring (bicyclic) bond motifs is 1. The summed E-state index contributed by atoms with van der Waals surface area (Å²) in [5, 5.41) is 13.1. The standard InChI is InChI=1S/C22H20O8S/c1-13(23)29-17-7-5-4-6-16(17)21(25)28-10-11-31(3)20-19(24)15-9-8-14(27-2)12-18(15)30-22(20)26/h4-9,12H,10-11H2,1-3H3. The van der Waals surface area contributed by atoms with Gasteiger partial charge in [-0.3, -0.25) is 4.79 Å². The van der Waals surface area contributed by atoms with E-state index >= 15 is 0 Å². The van der Waals surface area contributed by atoms with Crippen molar-refractivity contribution in [1.82, 2.24) is 0 Å². The van der Waals surface area contributed by atoms with Crippen LogP contribution in [0.15, 0.2) is 56.6 Å². The second-order valence-corrected chi connectivity index (χ2v) is 8.57. The van der Waals surface area contributed by atoms with Crippen molar-refractivity contribution in [2.75, 3.05) is 25.7 Å². The van der Waals surface area contributed by atoms with Crippen molar-refractivity contribution in [3.05, 3.63) is 58.4 Å². The second kappa shape index (κ2) is 9.57.